The summed E-state index contributed by atoms with van der Waals surface area (Å²) in [6.45, 7) is 5.11. The molecule has 1 unspecified atom stereocenters. The van der Waals surface area contributed by atoms with E-state index in [4.69, 9.17) is 16.3 Å². The highest BCUT2D eigenvalue weighted by Gasteiger charge is 2.38. The summed E-state index contributed by atoms with van der Waals surface area (Å²) in [4.78, 5) is 52.2. The van der Waals surface area contributed by atoms with Crippen molar-refractivity contribution in [3.8, 4) is 0 Å². The van der Waals surface area contributed by atoms with Gasteiger partial charge in [-0.15, -0.1) is 0 Å². The molecule has 0 fully saturated rings. The molecule has 1 N–H and O–H groups in total. The summed E-state index contributed by atoms with van der Waals surface area (Å²) in [7, 11) is 0. The molecule has 172 valence electrons. The highest BCUT2D eigenvalue weighted by molar-refractivity contribution is 6.35. The fourth-order valence-corrected chi connectivity index (χ4v) is 3.81. The van der Waals surface area contributed by atoms with Crippen LogP contribution in [0.3, 0.4) is 0 Å². The molecule has 0 aromatic heterocycles. The third kappa shape index (κ3) is 4.30. The quantitative estimate of drug-likeness (QED) is 0.416. The van der Waals surface area contributed by atoms with E-state index in [0.717, 1.165) is 16.0 Å². The van der Waals surface area contributed by atoms with Gasteiger partial charge in [-0.2, -0.15) is 0 Å². The molecule has 0 saturated carbocycles. The molecule has 0 aliphatic carbocycles. The summed E-state index contributed by atoms with van der Waals surface area (Å²) >= 11 is 6.04. The van der Waals surface area contributed by atoms with Crippen LogP contribution in [0.5, 0.6) is 0 Å². The van der Waals surface area contributed by atoms with Gasteiger partial charge < -0.3 is 10.1 Å². The normalized spacial score (nSPS) is 13.5. The monoisotopic (exact) mass is 476 g/mol. The average Bonchev–Trinajstić information content (AvgIpc) is 3.06. The minimum absolute atomic E-state index is 0.0557. The van der Waals surface area contributed by atoms with Gasteiger partial charge in [0, 0.05) is 0 Å². The van der Waals surface area contributed by atoms with Gasteiger partial charge in [0.2, 0.25) is 0 Å². The predicted molar refractivity (Wildman–Crippen MR) is 128 cm³/mol. The molecule has 0 saturated heterocycles. The van der Waals surface area contributed by atoms with Crippen LogP contribution in [-0.4, -0.2) is 29.8 Å². The van der Waals surface area contributed by atoms with E-state index in [1.54, 1.807) is 30.3 Å². The summed E-state index contributed by atoms with van der Waals surface area (Å²) in [6.07, 6.45) is -1.12. The Hall–Kier alpha value is -3.97. The molecule has 1 heterocycles. The van der Waals surface area contributed by atoms with Crippen molar-refractivity contribution >= 4 is 46.7 Å². The lowest BCUT2D eigenvalue weighted by Crippen LogP contribution is -2.30. The van der Waals surface area contributed by atoms with Crippen LogP contribution in [0.25, 0.3) is 0 Å². The van der Waals surface area contributed by atoms with E-state index < -0.39 is 29.8 Å². The number of rotatable bonds is 5. The molecule has 34 heavy (non-hydrogen) atoms. The van der Waals surface area contributed by atoms with E-state index in [0.29, 0.717) is 16.4 Å². The van der Waals surface area contributed by atoms with Crippen LogP contribution in [-0.2, 0) is 9.53 Å². The molecule has 0 radical (unpaired) electrons. The Balaban J connectivity index is 1.52. The lowest BCUT2D eigenvalue weighted by atomic mass is 10.1. The number of nitrogens with one attached hydrogen (secondary N) is 1. The smallest absolute Gasteiger partial charge is 0.338 e. The summed E-state index contributed by atoms with van der Waals surface area (Å²) in [6, 6.07) is 16.3. The van der Waals surface area contributed by atoms with Gasteiger partial charge in [0.1, 0.15) is 0 Å². The lowest BCUT2D eigenvalue weighted by Gasteiger charge is -2.17. The first kappa shape index (κ1) is 23.2. The van der Waals surface area contributed by atoms with Gasteiger partial charge in [0.25, 0.3) is 17.7 Å². The maximum Gasteiger partial charge on any atom is 0.338 e. The first-order valence-electron chi connectivity index (χ1n) is 10.5. The minimum atomic E-state index is -1.12. The first-order valence-corrected chi connectivity index (χ1v) is 10.9. The predicted octanol–water partition coefficient (Wildman–Crippen LogP) is 4.94. The molecule has 4 rings (SSSR count). The van der Waals surface area contributed by atoms with Gasteiger partial charge in [-0.3, -0.25) is 14.4 Å². The average molecular weight is 477 g/mol. The van der Waals surface area contributed by atoms with Crippen molar-refractivity contribution in [1.82, 2.24) is 0 Å². The molecule has 0 bridgehead atoms. The van der Waals surface area contributed by atoms with Crippen molar-refractivity contribution in [2.75, 3.05) is 10.2 Å². The van der Waals surface area contributed by atoms with Gasteiger partial charge in [-0.1, -0.05) is 35.9 Å². The van der Waals surface area contributed by atoms with E-state index in [1.165, 1.54) is 25.1 Å². The molecule has 1 aliphatic rings. The SMILES string of the molecule is Cc1ccc(C)c(N2C(=O)c3ccc(C(=O)OC(C)C(=O)Nc4ccccc4Cl)cc3C2=O)c1. The molecule has 7 nitrogen and oxygen atoms in total. The van der Waals surface area contributed by atoms with Gasteiger partial charge in [0.15, 0.2) is 6.10 Å². The summed E-state index contributed by atoms with van der Waals surface area (Å²) in [5, 5.41) is 2.95. The van der Waals surface area contributed by atoms with Gasteiger partial charge in [-0.05, 0) is 68.3 Å². The number of carbonyl (C=O) groups is 4. The van der Waals surface area contributed by atoms with Crippen LogP contribution in [0.4, 0.5) is 11.4 Å². The maximum atomic E-state index is 13.1. The summed E-state index contributed by atoms with van der Waals surface area (Å²) in [5.41, 5.74) is 2.94. The van der Waals surface area contributed by atoms with Crippen molar-refractivity contribution < 1.29 is 23.9 Å². The van der Waals surface area contributed by atoms with Crippen LogP contribution in [0.1, 0.15) is 49.1 Å². The highest BCUT2D eigenvalue weighted by atomic mass is 35.5. The Bertz CT molecular complexity index is 1350. The van der Waals surface area contributed by atoms with Crippen molar-refractivity contribution in [2.24, 2.45) is 0 Å². The number of amides is 3. The van der Waals surface area contributed by atoms with E-state index in [1.807, 2.05) is 26.0 Å². The van der Waals surface area contributed by atoms with E-state index in [-0.39, 0.29) is 16.7 Å². The van der Waals surface area contributed by atoms with Gasteiger partial charge >= 0.3 is 5.97 Å². The van der Waals surface area contributed by atoms with Crippen LogP contribution < -0.4 is 10.2 Å². The Kier molecular flexibility index (Phi) is 6.22. The van der Waals surface area contributed by atoms with Crippen LogP contribution in [0.2, 0.25) is 5.02 Å². The van der Waals surface area contributed by atoms with Crippen molar-refractivity contribution in [3.05, 3.63) is 93.5 Å². The molecule has 1 atom stereocenters. The number of hydrogen-bond acceptors (Lipinski definition) is 5. The number of nitrogens with zero attached hydrogens (tertiary/aromatic N) is 1. The third-order valence-corrected chi connectivity index (χ3v) is 5.84. The third-order valence-electron chi connectivity index (χ3n) is 5.51. The number of carbonyl (C=O) groups excluding carboxylic acids is 4. The number of esters is 1. The molecule has 3 aromatic carbocycles. The van der Waals surface area contributed by atoms with Crippen LogP contribution in [0, 0.1) is 13.8 Å². The van der Waals surface area contributed by atoms with E-state index >= 15 is 0 Å². The molecule has 3 aromatic rings. The zero-order valence-corrected chi connectivity index (χ0v) is 19.5. The standard InChI is InChI=1S/C26H21ClN2O5/c1-14-8-9-15(2)22(12-14)29-24(31)18-11-10-17(13-19(18)25(29)32)26(33)34-16(3)23(30)28-21-7-5-4-6-20(21)27/h4-13,16H,1-3H3,(H,28,30). The molecule has 3 amide bonds. The minimum Gasteiger partial charge on any atom is -0.449 e. The summed E-state index contributed by atoms with van der Waals surface area (Å²) in [5.74, 6) is -2.33. The zero-order valence-electron chi connectivity index (χ0n) is 18.7. The van der Waals surface area contributed by atoms with Crippen LogP contribution in [0.15, 0.2) is 60.7 Å². The van der Waals surface area contributed by atoms with Crippen molar-refractivity contribution in [2.45, 2.75) is 26.9 Å². The number of hydrogen-bond donors (Lipinski definition) is 1. The Morgan fingerprint density at radius 2 is 1.65 bits per heavy atom. The topological polar surface area (TPSA) is 92.8 Å². The highest BCUT2D eigenvalue weighted by Crippen LogP contribution is 2.32. The fraction of sp³-hybridized carbons (Fsp3) is 0.154. The van der Waals surface area contributed by atoms with Crippen molar-refractivity contribution in [3.63, 3.8) is 0 Å². The maximum absolute atomic E-state index is 13.1. The molecular weight excluding hydrogens is 456 g/mol. The second-order valence-electron chi connectivity index (χ2n) is 8.01. The molecular formula is C26H21ClN2O5. The van der Waals surface area contributed by atoms with Gasteiger partial charge in [0.05, 0.1) is 33.1 Å². The Morgan fingerprint density at radius 1 is 0.941 bits per heavy atom. The van der Waals surface area contributed by atoms with Crippen LogP contribution >= 0.6 is 11.6 Å². The second-order valence-corrected chi connectivity index (χ2v) is 8.42. The number of imide groups is 1. The number of ether oxygens (including phenoxy) is 1. The second kappa shape index (κ2) is 9.11. The molecule has 8 heteroatoms. The Labute approximate surface area is 201 Å². The Morgan fingerprint density at radius 3 is 2.38 bits per heavy atom. The number of para-hydroxylation sites is 1. The number of fused-ring (bicyclic) bond motifs is 1. The molecule has 0 spiro atoms. The number of anilines is 2. The van der Waals surface area contributed by atoms with E-state index in [2.05, 4.69) is 5.32 Å². The fourth-order valence-electron chi connectivity index (χ4n) is 3.63. The first-order chi connectivity index (χ1) is 16.2. The molecule has 1 aliphatic heterocycles. The largest absolute Gasteiger partial charge is 0.449 e. The number of benzene rings is 3. The number of aryl methyl sites for hydroxylation is 2. The summed E-state index contributed by atoms with van der Waals surface area (Å²) < 4.78 is 5.27. The van der Waals surface area contributed by atoms with Crippen molar-refractivity contribution in [1.29, 1.82) is 0 Å². The van der Waals surface area contributed by atoms with Gasteiger partial charge in [-0.25, -0.2) is 9.69 Å². The lowest BCUT2D eigenvalue weighted by molar-refractivity contribution is -0.123. The number of halogens is 1. The zero-order chi connectivity index (χ0) is 24.6. The van der Waals surface area contributed by atoms with E-state index in [9.17, 15) is 19.2 Å².